The zero-order chi connectivity index (χ0) is 20.0. The van der Waals surface area contributed by atoms with Crippen LogP contribution in [0, 0.1) is 11.6 Å². The van der Waals surface area contributed by atoms with E-state index >= 15 is 0 Å². The van der Waals surface area contributed by atoms with E-state index in [0.717, 1.165) is 27.9 Å². The van der Waals surface area contributed by atoms with Gasteiger partial charge >= 0.3 is 0 Å². The van der Waals surface area contributed by atoms with Crippen LogP contribution in [0.1, 0.15) is 15.9 Å². The first kappa shape index (κ1) is 17.5. The van der Waals surface area contributed by atoms with Crippen LogP contribution in [0.15, 0.2) is 48.0 Å². The molecular weight excluding hydrogens is 396 g/mol. The van der Waals surface area contributed by atoms with Gasteiger partial charge in [-0.25, -0.2) is 23.4 Å². The number of rotatable bonds is 4. The lowest BCUT2D eigenvalue weighted by Gasteiger charge is -2.06. The number of halogens is 2. The Labute approximate surface area is 166 Å². The van der Waals surface area contributed by atoms with Gasteiger partial charge in [-0.05, 0) is 42.0 Å². The van der Waals surface area contributed by atoms with Gasteiger partial charge < -0.3 is 0 Å². The summed E-state index contributed by atoms with van der Waals surface area (Å²) in [6.07, 6.45) is 0.157. The van der Waals surface area contributed by atoms with Gasteiger partial charge in [0.1, 0.15) is 17.2 Å². The van der Waals surface area contributed by atoms with Crippen molar-refractivity contribution in [3.63, 3.8) is 0 Å². The molecule has 0 saturated heterocycles. The number of carbonyl (C=O) groups excluding carboxylic acids is 1. The van der Waals surface area contributed by atoms with Crippen LogP contribution in [-0.2, 0) is 6.54 Å². The molecule has 0 spiro atoms. The number of fused-ring (bicyclic) bond motifs is 2. The Bertz CT molecular complexity index is 1370. The van der Waals surface area contributed by atoms with E-state index in [4.69, 9.17) is 0 Å². The van der Waals surface area contributed by atoms with Gasteiger partial charge in [0.15, 0.2) is 11.9 Å². The molecule has 5 rings (SSSR count). The Hall–Kier alpha value is -3.59. The first-order valence-corrected chi connectivity index (χ1v) is 9.47. The standard InChI is InChI=1S/C20H11F2N5OS/c21-14-6-12(7-15(22)13(14)9-28)16-3-4-18-20(24-16)27(26-25-18)8-11-1-2-17-19(5-11)29-10-23-17/h1-7,9-10H,8H2. The summed E-state index contributed by atoms with van der Waals surface area (Å²) in [4.78, 5) is 19.6. The van der Waals surface area contributed by atoms with E-state index in [0.29, 0.717) is 23.4 Å². The maximum atomic E-state index is 14.0. The van der Waals surface area contributed by atoms with Crippen molar-refractivity contribution >= 4 is 39.0 Å². The molecule has 5 aromatic rings. The Morgan fingerprint density at radius 3 is 2.62 bits per heavy atom. The molecule has 0 fully saturated rings. The number of thiazole rings is 1. The van der Waals surface area contributed by atoms with E-state index < -0.39 is 17.2 Å². The predicted octanol–water partition coefficient (Wildman–Crippen LogP) is 4.24. The molecule has 0 unspecified atom stereocenters. The van der Waals surface area contributed by atoms with E-state index in [9.17, 15) is 13.6 Å². The van der Waals surface area contributed by atoms with Crippen LogP contribution in [0.2, 0.25) is 0 Å². The molecule has 29 heavy (non-hydrogen) atoms. The van der Waals surface area contributed by atoms with Crippen LogP contribution in [-0.4, -0.2) is 31.2 Å². The van der Waals surface area contributed by atoms with Crippen molar-refractivity contribution in [2.75, 3.05) is 0 Å². The molecule has 6 nitrogen and oxygen atoms in total. The third-order valence-electron chi connectivity index (χ3n) is 4.58. The summed E-state index contributed by atoms with van der Waals surface area (Å²) >= 11 is 1.56. The number of aldehydes is 1. The molecule has 3 heterocycles. The second-order valence-electron chi connectivity index (χ2n) is 6.41. The van der Waals surface area contributed by atoms with Gasteiger partial charge in [0.05, 0.1) is 33.5 Å². The minimum Gasteiger partial charge on any atom is -0.298 e. The number of hydrogen-bond donors (Lipinski definition) is 0. The summed E-state index contributed by atoms with van der Waals surface area (Å²) in [6, 6.07) is 11.4. The molecule has 0 N–H and O–H groups in total. The zero-order valence-electron chi connectivity index (χ0n) is 14.7. The van der Waals surface area contributed by atoms with Crippen molar-refractivity contribution in [2.24, 2.45) is 0 Å². The molecule has 0 bridgehead atoms. The Morgan fingerprint density at radius 1 is 1.03 bits per heavy atom. The van der Waals surface area contributed by atoms with Crippen LogP contribution in [0.4, 0.5) is 8.78 Å². The number of benzene rings is 2. The molecular formula is C20H11F2N5OS. The fourth-order valence-corrected chi connectivity index (χ4v) is 3.88. The van der Waals surface area contributed by atoms with E-state index in [1.165, 1.54) is 0 Å². The molecule has 0 aliphatic rings. The van der Waals surface area contributed by atoms with Crippen LogP contribution >= 0.6 is 11.3 Å². The smallest absolute Gasteiger partial charge is 0.179 e. The lowest BCUT2D eigenvalue weighted by Crippen LogP contribution is -2.03. The van der Waals surface area contributed by atoms with Gasteiger partial charge in [0.2, 0.25) is 0 Å². The highest BCUT2D eigenvalue weighted by Gasteiger charge is 2.14. The molecule has 0 amide bonds. The van der Waals surface area contributed by atoms with Crippen LogP contribution < -0.4 is 0 Å². The van der Waals surface area contributed by atoms with Crippen LogP contribution in [0.3, 0.4) is 0 Å². The summed E-state index contributed by atoms with van der Waals surface area (Å²) in [6.45, 7) is 0.438. The first-order valence-electron chi connectivity index (χ1n) is 8.59. The molecule has 2 aromatic carbocycles. The van der Waals surface area contributed by atoms with Crippen molar-refractivity contribution in [3.8, 4) is 11.3 Å². The maximum Gasteiger partial charge on any atom is 0.179 e. The van der Waals surface area contributed by atoms with Gasteiger partial charge in [0, 0.05) is 5.56 Å². The highest BCUT2D eigenvalue weighted by atomic mass is 32.1. The summed E-state index contributed by atoms with van der Waals surface area (Å²) in [5, 5.41) is 8.26. The van der Waals surface area contributed by atoms with E-state index in [-0.39, 0.29) is 11.8 Å². The van der Waals surface area contributed by atoms with Crippen molar-refractivity contribution in [1.29, 1.82) is 0 Å². The molecule has 0 aliphatic heterocycles. The predicted molar refractivity (Wildman–Crippen MR) is 105 cm³/mol. The SMILES string of the molecule is O=Cc1c(F)cc(-c2ccc3nnn(Cc4ccc5ncsc5c4)c3n2)cc1F. The Morgan fingerprint density at radius 2 is 1.83 bits per heavy atom. The van der Waals surface area contributed by atoms with Crippen molar-refractivity contribution in [1.82, 2.24) is 25.0 Å². The summed E-state index contributed by atoms with van der Waals surface area (Å²) in [5.74, 6) is -1.86. The number of hydrogen-bond acceptors (Lipinski definition) is 6. The van der Waals surface area contributed by atoms with Gasteiger partial charge in [-0.1, -0.05) is 11.3 Å². The minimum absolute atomic E-state index is 0.157. The largest absolute Gasteiger partial charge is 0.298 e. The topological polar surface area (TPSA) is 73.6 Å². The summed E-state index contributed by atoms with van der Waals surface area (Å²) in [7, 11) is 0. The Kier molecular flexibility index (Phi) is 4.09. The van der Waals surface area contributed by atoms with Crippen LogP contribution in [0.25, 0.3) is 32.6 Å². The molecule has 3 aromatic heterocycles. The summed E-state index contributed by atoms with van der Waals surface area (Å²) in [5.41, 5.74) is 4.78. The Balaban J connectivity index is 1.56. The van der Waals surface area contributed by atoms with Gasteiger partial charge in [-0.3, -0.25) is 4.79 Å². The van der Waals surface area contributed by atoms with Crippen LogP contribution in [0.5, 0.6) is 0 Å². The van der Waals surface area contributed by atoms with E-state index in [2.05, 4.69) is 20.3 Å². The summed E-state index contributed by atoms with van der Waals surface area (Å²) < 4.78 is 30.7. The van der Waals surface area contributed by atoms with Crippen molar-refractivity contribution < 1.29 is 13.6 Å². The normalized spacial score (nSPS) is 11.4. The molecule has 0 saturated carbocycles. The lowest BCUT2D eigenvalue weighted by atomic mass is 10.1. The fraction of sp³-hybridized carbons (Fsp3) is 0.0500. The second-order valence-corrected chi connectivity index (χ2v) is 7.30. The number of nitrogens with zero attached hydrogens (tertiary/aromatic N) is 5. The highest BCUT2D eigenvalue weighted by Crippen LogP contribution is 2.25. The fourth-order valence-electron chi connectivity index (χ4n) is 3.14. The average molecular weight is 407 g/mol. The third kappa shape index (κ3) is 3.05. The maximum absolute atomic E-state index is 14.0. The third-order valence-corrected chi connectivity index (χ3v) is 5.37. The van der Waals surface area contributed by atoms with Gasteiger partial charge in [-0.15, -0.1) is 16.4 Å². The van der Waals surface area contributed by atoms with Gasteiger partial charge in [-0.2, -0.15) is 0 Å². The van der Waals surface area contributed by atoms with Crippen molar-refractivity contribution in [3.05, 3.63) is 70.7 Å². The van der Waals surface area contributed by atoms with E-state index in [1.54, 1.807) is 33.7 Å². The molecule has 142 valence electrons. The number of pyridine rings is 1. The highest BCUT2D eigenvalue weighted by molar-refractivity contribution is 7.16. The monoisotopic (exact) mass is 407 g/mol. The number of carbonyl (C=O) groups is 1. The second kappa shape index (κ2) is 6.78. The minimum atomic E-state index is -0.929. The average Bonchev–Trinajstić information content (AvgIpc) is 3.34. The molecule has 0 aliphatic carbocycles. The molecule has 0 atom stereocenters. The van der Waals surface area contributed by atoms with E-state index in [1.807, 2.05) is 18.2 Å². The first-order chi connectivity index (χ1) is 14.1. The zero-order valence-corrected chi connectivity index (χ0v) is 15.5. The quantitative estimate of drug-likeness (QED) is 0.417. The molecule has 9 heteroatoms. The van der Waals surface area contributed by atoms with Crippen molar-refractivity contribution in [2.45, 2.75) is 6.54 Å². The molecule has 0 radical (unpaired) electrons. The number of aromatic nitrogens is 5. The van der Waals surface area contributed by atoms with Gasteiger partial charge in [0.25, 0.3) is 0 Å². The lowest BCUT2D eigenvalue weighted by molar-refractivity contribution is 0.111.